The predicted octanol–water partition coefficient (Wildman–Crippen LogP) is 3.86. The third kappa shape index (κ3) is 3.84. The van der Waals surface area contributed by atoms with Crippen molar-refractivity contribution in [3.05, 3.63) is 36.7 Å². The van der Waals surface area contributed by atoms with Crippen molar-refractivity contribution in [3.63, 3.8) is 0 Å². The molecule has 0 bridgehead atoms. The Hall–Kier alpha value is -3.09. The lowest BCUT2D eigenvalue weighted by Gasteiger charge is -2.44. The highest BCUT2D eigenvalue weighted by molar-refractivity contribution is 5.93. The number of anilines is 1. The van der Waals surface area contributed by atoms with Gasteiger partial charge in [0.25, 0.3) is 0 Å². The molecule has 0 aromatic carbocycles. The first-order chi connectivity index (χ1) is 14.3. The molecule has 1 saturated heterocycles. The second-order valence-corrected chi connectivity index (χ2v) is 8.35. The summed E-state index contributed by atoms with van der Waals surface area (Å²) in [5, 5.41) is 0.987. The van der Waals surface area contributed by atoms with Crippen molar-refractivity contribution in [3.8, 4) is 17.0 Å². The molecule has 4 heterocycles. The number of nitrogens with one attached hydrogen (secondary N) is 1. The largest absolute Gasteiger partial charge is 0.489 e. The summed E-state index contributed by atoms with van der Waals surface area (Å²) in [6.07, 6.45) is 3.77. The van der Waals surface area contributed by atoms with E-state index in [1.54, 1.807) is 13.1 Å². The fourth-order valence-electron chi connectivity index (χ4n) is 4.41. The summed E-state index contributed by atoms with van der Waals surface area (Å²) in [5.41, 5.74) is 2.69. The van der Waals surface area contributed by atoms with Crippen molar-refractivity contribution < 1.29 is 9.53 Å². The van der Waals surface area contributed by atoms with E-state index in [4.69, 9.17) is 9.72 Å². The highest BCUT2D eigenvalue weighted by Crippen LogP contribution is 2.31. The molecule has 4 rings (SSSR count). The molecule has 1 N–H and O–H groups in total. The highest BCUT2D eigenvalue weighted by Gasteiger charge is 2.31. The molecule has 1 fully saturated rings. The Labute approximate surface area is 177 Å². The number of carbonyl (C=O) groups excluding carboxylic acids is 1. The Morgan fingerprint density at radius 1 is 1.23 bits per heavy atom. The van der Waals surface area contributed by atoms with Gasteiger partial charge in [-0.2, -0.15) is 0 Å². The maximum Gasteiger partial charge on any atom is 0.220 e. The van der Waals surface area contributed by atoms with Gasteiger partial charge in [-0.25, -0.2) is 9.97 Å². The normalized spacial score (nSPS) is 19.5. The predicted molar refractivity (Wildman–Crippen MR) is 119 cm³/mol. The van der Waals surface area contributed by atoms with Gasteiger partial charge in [-0.05, 0) is 45.9 Å². The number of piperazine rings is 1. The van der Waals surface area contributed by atoms with Crippen molar-refractivity contribution >= 4 is 22.8 Å². The number of ether oxygens (including phenoxy) is 1. The van der Waals surface area contributed by atoms with E-state index in [-0.39, 0.29) is 24.1 Å². The smallest absolute Gasteiger partial charge is 0.220 e. The molecule has 1 amide bonds. The van der Waals surface area contributed by atoms with E-state index < -0.39 is 0 Å². The minimum absolute atomic E-state index is 0.0887. The molecule has 0 aliphatic carbocycles. The Kier molecular flexibility index (Phi) is 5.37. The van der Waals surface area contributed by atoms with Crippen LogP contribution in [0.2, 0.25) is 0 Å². The molecule has 7 heteroatoms. The van der Waals surface area contributed by atoms with Crippen LogP contribution in [-0.2, 0) is 4.79 Å². The topological polar surface area (TPSA) is 74.4 Å². The summed E-state index contributed by atoms with van der Waals surface area (Å²) in [5.74, 6) is 1.80. The first-order valence-electron chi connectivity index (χ1n) is 10.5. The zero-order chi connectivity index (χ0) is 21.4. The molecule has 0 saturated carbocycles. The van der Waals surface area contributed by atoms with Gasteiger partial charge in [0.15, 0.2) is 0 Å². The van der Waals surface area contributed by atoms with Gasteiger partial charge in [-0.1, -0.05) is 6.07 Å². The number of carbonyl (C=O) groups is 1. The Morgan fingerprint density at radius 3 is 2.63 bits per heavy atom. The van der Waals surface area contributed by atoms with Crippen LogP contribution in [0.25, 0.3) is 22.3 Å². The van der Waals surface area contributed by atoms with Crippen LogP contribution in [-0.4, -0.2) is 57.0 Å². The first-order valence-corrected chi connectivity index (χ1v) is 10.5. The van der Waals surface area contributed by atoms with E-state index in [0.29, 0.717) is 0 Å². The van der Waals surface area contributed by atoms with Crippen LogP contribution in [0.5, 0.6) is 5.75 Å². The molecule has 2 atom stereocenters. The zero-order valence-corrected chi connectivity index (χ0v) is 18.2. The van der Waals surface area contributed by atoms with Crippen LogP contribution in [0.1, 0.15) is 34.6 Å². The van der Waals surface area contributed by atoms with Gasteiger partial charge in [0, 0.05) is 49.2 Å². The summed E-state index contributed by atoms with van der Waals surface area (Å²) in [4.78, 5) is 28.9. The molecule has 0 radical (unpaired) electrons. The van der Waals surface area contributed by atoms with E-state index in [1.165, 1.54) is 0 Å². The molecule has 158 valence electrons. The second kappa shape index (κ2) is 7.97. The van der Waals surface area contributed by atoms with Crippen LogP contribution in [0.15, 0.2) is 36.7 Å². The minimum atomic E-state index is 0.0887. The van der Waals surface area contributed by atoms with Gasteiger partial charge in [-0.3, -0.25) is 4.79 Å². The number of aromatic nitrogens is 3. The third-order valence-electron chi connectivity index (χ3n) is 5.49. The summed E-state index contributed by atoms with van der Waals surface area (Å²) in [7, 11) is 0. The number of fused-ring (bicyclic) bond motifs is 1. The molecule has 1 aliphatic rings. The quantitative estimate of drug-likeness (QED) is 0.711. The number of amides is 1. The summed E-state index contributed by atoms with van der Waals surface area (Å²) in [6, 6.07) is 8.38. The summed E-state index contributed by atoms with van der Waals surface area (Å²) >= 11 is 0. The lowest BCUT2D eigenvalue weighted by Crippen LogP contribution is -2.58. The maximum absolute atomic E-state index is 12.0. The fraction of sp³-hybridized carbons (Fsp3) is 0.435. The molecule has 7 nitrogen and oxygen atoms in total. The average molecular weight is 408 g/mol. The molecular formula is C23H29N5O2. The molecule has 30 heavy (non-hydrogen) atoms. The van der Waals surface area contributed by atoms with Gasteiger partial charge in [0.05, 0.1) is 18.0 Å². The number of hydrogen-bond donors (Lipinski definition) is 1. The van der Waals surface area contributed by atoms with E-state index in [0.717, 1.165) is 46.9 Å². The molecule has 3 aromatic rings. The second-order valence-electron chi connectivity index (χ2n) is 8.35. The van der Waals surface area contributed by atoms with Crippen molar-refractivity contribution in [2.45, 2.75) is 52.8 Å². The number of hydrogen-bond acceptors (Lipinski definition) is 5. The Bertz CT molecular complexity index is 1050. The van der Waals surface area contributed by atoms with Crippen LogP contribution < -0.4 is 9.64 Å². The van der Waals surface area contributed by atoms with Crippen LogP contribution in [0.3, 0.4) is 0 Å². The number of nitrogens with zero attached hydrogens (tertiary/aromatic N) is 4. The number of H-pyrrole nitrogens is 1. The molecular weight excluding hydrogens is 378 g/mol. The fourth-order valence-corrected chi connectivity index (χ4v) is 4.41. The molecule has 1 aliphatic heterocycles. The van der Waals surface area contributed by atoms with Crippen LogP contribution in [0.4, 0.5) is 5.82 Å². The highest BCUT2D eigenvalue weighted by atomic mass is 16.5. The maximum atomic E-state index is 12.0. The number of pyridine rings is 2. The third-order valence-corrected chi connectivity index (χ3v) is 5.49. The van der Waals surface area contributed by atoms with E-state index in [1.807, 2.05) is 49.2 Å². The summed E-state index contributed by atoms with van der Waals surface area (Å²) < 4.78 is 5.82. The zero-order valence-electron chi connectivity index (χ0n) is 18.2. The van der Waals surface area contributed by atoms with Crippen molar-refractivity contribution in [1.82, 2.24) is 19.9 Å². The standard InChI is InChI=1S/C23H29N5O2/c1-14(2)30-18-9-19-20(11-25-23(19)24-10-18)21-7-6-8-22(26-21)27-12-15(3)28(17(5)29)16(4)13-27/h6-11,14-16H,12-13H2,1-5H3,(H,24,25)/t15-,16+. The SMILES string of the molecule is CC(=O)N1[C@H](C)CN(c2cccc(-c3c[nH]c4ncc(OC(C)C)cc34)n2)C[C@@H]1C. The van der Waals surface area contributed by atoms with Gasteiger partial charge >= 0.3 is 0 Å². The van der Waals surface area contributed by atoms with Crippen molar-refractivity contribution in [1.29, 1.82) is 0 Å². The van der Waals surface area contributed by atoms with Gasteiger partial charge in [0.1, 0.15) is 17.2 Å². The lowest BCUT2D eigenvalue weighted by atomic mass is 10.1. The molecule has 3 aromatic heterocycles. The van der Waals surface area contributed by atoms with Crippen molar-refractivity contribution in [2.24, 2.45) is 0 Å². The minimum Gasteiger partial charge on any atom is -0.489 e. The lowest BCUT2D eigenvalue weighted by molar-refractivity contribution is -0.133. The van der Waals surface area contributed by atoms with Crippen LogP contribution in [0, 0.1) is 0 Å². The van der Waals surface area contributed by atoms with Crippen LogP contribution >= 0.6 is 0 Å². The van der Waals surface area contributed by atoms with E-state index >= 15 is 0 Å². The van der Waals surface area contributed by atoms with Crippen molar-refractivity contribution in [2.75, 3.05) is 18.0 Å². The molecule has 0 spiro atoms. The molecule has 0 unspecified atom stereocenters. The Morgan fingerprint density at radius 2 is 1.97 bits per heavy atom. The first kappa shape index (κ1) is 20.2. The number of rotatable bonds is 4. The van der Waals surface area contributed by atoms with E-state index in [9.17, 15) is 4.79 Å². The van der Waals surface area contributed by atoms with Gasteiger partial charge in [-0.15, -0.1) is 0 Å². The van der Waals surface area contributed by atoms with E-state index in [2.05, 4.69) is 28.7 Å². The Balaban J connectivity index is 1.65. The average Bonchev–Trinajstić information content (AvgIpc) is 3.10. The monoisotopic (exact) mass is 407 g/mol. The summed E-state index contributed by atoms with van der Waals surface area (Å²) in [6.45, 7) is 11.4. The number of aromatic amines is 1. The van der Waals surface area contributed by atoms with Gasteiger partial charge < -0.3 is 19.5 Å². The van der Waals surface area contributed by atoms with Gasteiger partial charge in [0.2, 0.25) is 5.91 Å².